The third-order valence-electron chi connectivity index (χ3n) is 8.37. The number of carbonyl (C=O) groups is 3. The topological polar surface area (TPSA) is 108 Å². The number of hydrogen-bond donors (Lipinski definition) is 3. The number of aliphatic hydroxyl groups is 1. The van der Waals surface area contributed by atoms with Gasteiger partial charge in [0.15, 0.2) is 0 Å². The van der Waals surface area contributed by atoms with Crippen molar-refractivity contribution in [3.63, 3.8) is 0 Å². The van der Waals surface area contributed by atoms with E-state index in [2.05, 4.69) is 10.6 Å². The maximum Gasteiger partial charge on any atom is 0.414 e. The smallest absolute Gasteiger partial charge is 0.414 e. The molecular weight excluding hydrogens is 482 g/mol. The number of fused-ring (bicyclic) bond motifs is 2. The molecule has 2 saturated carbocycles. The van der Waals surface area contributed by atoms with E-state index in [1.807, 2.05) is 37.3 Å². The van der Waals surface area contributed by atoms with E-state index in [0.29, 0.717) is 36.7 Å². The van der Waals surface area contributed by atoms with E-state index in [1.165, 1.54) is 24.2 Å². The van der Waals surface area contributed by atoms with Crippen LogP contribution in [0.15, 0.2) is 54.6 Å². The van der Waals surface area contributed by atoms with Crippen LogP contribution in [0.25, 0.3) is 0 Å². The van der Waals surface area contributed by atoms with Crippen molar-refractivity contribution in [2.45, 2.75) is 63.6 Å². The molecule has 3 N–H and O–H groups in total. The molecular formula is C30H37N3O5. The van der Waals surface area contributed by atoms with Crippen LogP contribution in [0.5, 0.6) is 0 Å². The first-order chi connectivity index (χ1) is 18.4. The van der Waals surface area contributed by atoms with Crippen molar-refractivity contribution in [2.75, 3.05) is 18.1 Å². The van der Waals surface area contributed by atoms with Gasteiger partial charge in [-0.2, -0.15) is 0 Å². The number of ether oxygens (including phenoxy) is 1. The Bertz CT molecular complexity index is 1160. The number of carbonyl (C=O) groups excluding carboxylic acids is 3. The number of amides is 3. The highest BCUT2D eigenvalue weighted by Gasteiger charge is 2.40. The molecule has 6 atom stereocenters. The van der Waals surface area contributed by atoms with Crippen molar-refractivity contribution in [3.8, 4) is 0 Å². The Balaban J connectivity index is 1.25. The second kappa shape index (κ2) is 11.6. The second-order valence-corrected chi connectivity index (χ2v) is 11.1. The Kier molecular flexibility index (Phi) is 7.98. The Labute approximate surface area is 223 Å². The molecule has 3 fully saturated rings. The fourth-order valence-corrected chi connectivity index (χ4v) is 6.23. The highest BCUT2D eigenvalue weighted by atomic mass is 16.6. The molecule has 3 unspecified atom stereocenters. The monoisotopic (exact) mass is 519 g/mol. The number of hydrogen-bond acceptors (Lipinski definition) is 5. The zero-order valence-corrected chi connectivity index (χ0v) is 21.8. The van der Waals surface area contributed by atoms with Gasteiger partial charge in [-0.25, -0.2) is 4.79 Å². The molecule has 1 aliphatic heterocycles. The van der Waals surface area contributed by atoms with E-state index in [-0.39, 0.29) is 30.2 Å². The number of cyclic esters (lactones) is 1. The molecule has 0 aromatic heterocycles. The summed E-state index contributed by atoms with van der Waals surface area (Å²) in [5, 5.41) is 17.5. The van der Waals surface area contributed by atoms with E-state index in [9.17, 15) is 19.5 Å². The first kappa shape index (κ1) is 26.2. The molecule has 0 radical (unpaired) electrons. The number of nitrogens with zero attached hydrogens (tertiary/aromatic N) is 1. The van der Waals surface area contributed by atoms with Crippen LogP contribution in [-0.4, -0.2) is 54.4 Å². The van der Waals surface area contributed by atoms with Gasteiger partial charge < -0.3 is 20.5 Å². The fraction of sp³-hybridized carbons (Fsp3) is 0.500. The van der Waals surface area contributed by atoms with Gasteiger partial charge in [0.1, 0.15) is 6.61 Å². The largest absolute Gasteiger partial charge is 0.447 e. The quantitative estimate of drug-likeness (QED) is 0.444. The minimum absolute atomic E-state index is 0.0309. The average Bonchev–Trinajstić information content (AvgIpc) is 3.66. The van der Waals surface area contributed by atoms with Crippen LogP contribution >= 0.6 is 0 Å². The number of anilines is 1. The normalized spacial score (nSPS) is 24.5. The van der Waals surface area contributed by atoms with E-state index in [4.69, 9.17) is 4.74 Å². The van der Waals surface area contributed by atoms with Gasteiger partial charge in [-0.15, -0.1) is 0 Å². The van der Waals surface area contributed by atoms with Crippen LogP contribution in [0.3, 0.4) is 0 Å². The molecule has 38 heavy (non-hydrogen) atoms. The van der Waals surface area contributed by atoms with Gasteiger partial charge >= 0.3 is 6.09 Å². The van der Waals surface area contributed by atoms with Gasteiger partial charge in [0.2, 0.25) is 5.91 Å². The van der Waals surface area contributed by atoms with E-state index in [0.717, 1.165) is 17.9 Å². The predicted octanol–water partition coefficient (Wildman–Crippen LogP) is 3.68. The van der Waals surface area contributed by atoms with Crippen molar-refractivity contribution >= 4 is 23.6 Å². The predicted molar refractivity (Wildman–Crippen MR) is 144 cm³/mol. The Morgan fingerprint density at radius 1 is 1.11 bits per heavy atom. The second-order valence-electron chi connectivity index (χ2n) is 11.1. The van der Waals surface area contributed by atoms with E-state index >= 15 is 0 Å². The summed E-state index contributed by atoms with van der Waals surface area (Å²) in [6, 6.07) is 16.1. The van der Waals surface area contributed by atoms with Gasteiger partial charge in [-0.05, 0) is 67.7 Å². The summed E-state index contributed by atoms with van der Waals surface area (Å²) in [4.78, 5) is 39.7. The lowest BCUT2D eigenvalue weighted by Crippen LogP contribution is -2.47. The summed E-state index contributed by atoms with van der Waals surface area (Å²) in [5.74, 6) is 0.564. The third-order valence-corrected chi connectivity index (χ3v) is 8.37. The van der Waals surface area contributed by atoms with Crippen molar-refractivity contribution in [2.24, 2.45) is 17.8 Å². The molecule has 2 bridgehead atoms. The molecule has 0 spiro atoms. The van der Waals surface area contributed by atoms with Crippen LogP contribution in [0.2, 0.25) is 0 Å². The van der Waals surface area contributed by atoms with Crippen LogP contribution in [0.1, 0.15) is 54.9 Å². The minimum atomic E-state index is -0.920. The molecule has 5 rings (SSSR count). The molecule has 2 aromatic carbocycles. The summed E-state index contributed by atoms with van der Waals surface area (Å²) in [6.07, 6.45) is 4.06. The lowest BCUT2D eigenvalue weighted by atomic mass is 9.92. The first-order valence-electron chi connectivity index (χ1n) is 13.7. The molecule has 1 saturated heterocycles. The van der Waals surface area contributed by atoms with E-state index in [1.54, 1.807) is 24.3 Å². The standard InChI is InChI=1S/C30H37N3O5/c1-19(28(35)31-25-17-21-10-11-22(25)15-21)14-27(34)26(16-20-6-3-2-4-7-20)32-29(36)23-8-5-9-24(18-23)33-12-13-38-30(33)37/h2-9,18-19,21-22,25-27,34H,10-17H2,1H3,(H,31,35)(H,32,36)/t19-,21?,22?,25?,26+,27+/m1/s1. The number of aliphatic hydroxyl groups excluding tert-OH is 1. The summed E-state index contributed by atoms with van der Waals surface area (Å²) in [6.45, 7) is 2.58. The van der Waals surface area contributed by atoms with Gasteiger partial charge in [0, 0.05) is 23.2 Å². The van der Waals surface area contributed by atoms with Crippen molar-refractivity contribution < 1.29 is 24.2 Å². The average molecular weight is 520 g/mol. The number of rotatable bonds is 10. The molecule has 3 aliphatic rings. The lowest BCUT2D eigenvalue weighted by molar-refractivity contribution is -0.126. The molecule has 2 aromatic rings. The zero-order valence-electron chi connectivity index (χ0n) is 21.8. The highest BCUT2D eigenvalue weighted by molar-refractivity contribution is 5.97. The molecule has 3 amide bonds. The molecule has 1 heterocycles. The van der Waals surface area contributed by atoms with Gasteiger partial charge in [-0.3, -0.25) is 14.5 Å². The lowest BCUT2D eigenvalue weighted by Gasteiger charge is -2.28. The van der Waals surface area contributed by atoms with Gasteiger partial charge in [-0.1, -0.05) is 49.7 Å². The number of benzene rings is 2. The first-order valence-corrected chi connectivity index (χ1v) is 13.7. The molecule has 8 heteroatoms. The Morgan fingerprint density at radius 3 is 2.61 bits per heavy atom. The number of nitrogens with one attached hydrogen (secondary N) is 2. The van der Waals surface area contributed by atoms with E-state index < -0.39 is 18.2 Å². The van der Waals surface area contributed by atoms with Crippen molar-refractivity contribution in [3.05, 3.63) is 65.7 Å². The van der Waals surface area contributed by atoms with Crippen LogP contribution in [-0.2, 0) is 16.0 Å². The Morgan fingerprint density at radius 2 is 1.92 bits per heavy atom. The molecule has 202 valence electrons. The summed E-state index contributed by atoms with van der Waals surface area (Å²) >= 11 is 0. The van der Waals surface area contributed by atoms with Crippen LogP contribution in [0.4, 0.5) is 10.5 Å². The maximum atomic E-state index is 13.3. The van der Waals surface area contributed by atoms with Crippen LogP contribution in [0, 0.1) is 17.8 Å². The molecule has 8 nitrogen and oxygen atoms in total. The fourth-order valence-electron chi connectivity index (χ4n) is 6.23. The zero-order chi connectivity index (χ0) is 26.6. The summed E-state index contributed by atoms with van der Waals surface area (Å²) in [7, 11) is 0. The van der Waals surface area contributed by atoms with Crippen LogP contribution < -0.4 is 15.5 Å². The van der Waals surface area contributed by atoms with Gasteiger partial charge in [0.05, 0.1) is 18.7 Å². The summed E-state index contributed by atoms with van der Waals surface area (Å²) in [5.41, 5.74) is 1.95. The summed E-state index contributed by atoms with van der Waals surface area (Å²) < 4.78 is 5.02. The molecule has 2 aliphatic carbocycles. The minimum Gasteiger partial charge on any atom is -0.447 e. The Hall–Kier alpha value is -3.39. The SMILES string of the molecule is C[C@H](C[C@H](O)[C@H](Cc1ccccc1)NC(=O)c1cccc(N2CCOC2=O)c1)C(=O)NC1CC2CCC1C2. The van der Waals surface area contributed by atoms with Crippen molar-refractivity contribution in [1.82, 2.24) is 10.6 Å². The maximum absolute atomic E-state index is 13.3. The van der Waals surface area contributed by atoms with Crippen molar-refractivity contribution in [1.29, 1.82) is 0 Å². The van der Waals surface area contributed by atoms with Gasteiger partial charge in [0.25, 0.3) is 5.91 Å². The highest BCUT2D eigenvalue weighted by Crippen LogP contribution is 2.44. The third kappa shape index (κ3) is 6.01.